The first kappa shape index (κ1) is 24.4. The van der Waals surface area contributed by atoms with Crippen molar-refractivity contribution in [2.24, 2.45) is 0 Å². The predicted octanol–water partition coefficient (Wildman–Crippen LogP) is 5.92. The van der Waals surface area contributed by atoms with Gasteiger partial charge in [-0.15, -0.1) is 0 Å². The van der Waals surface area contributed by atoms with Gasteiger partial charge in [0.2, 0.25) is 0 Å². The minimum Gasteiger partial charge on any atom is -0.378 e. The Morgan fingerprint density at radius 2 is 1.60 bits per heavy atom. The number of nitrogens with zero attached hydrogens (tertiary/aromatic N) is 2. The van der Waals surface area contributed by atoms with Gasteiger partial charge in [-0.05, 0) is 48.5 Å². The van der Waals surface area contributed by atoms with Crippen molar-refractivity contribution in [1.29, 1.82) is 0 Å². The van der Waals surface area contributed by atoms with Crippen LogP contribution in [-0.2, 0) is 4.74 Å². The number of fused-ring (bicyclic) bond motifs is 1. The summed E-state index contributed by atoms with van der Waals surface area (Å²) >= 11 is 6.03. The maximum absolute atomic E-state index is 13.3. The van der Waals surface area contributed by atoms with Crippen LogP contribution in [0.4, 0.5) is 5.69 Å². The van der Waals surface area contributed by atoms with Gasteiger partial charge in [0.05, 0.1) is 30.0 Å². The number of anilines is 1. The number of morpholine rings is 1. The number of ether oxygens (including phenoxy) is 1. The number of pyridine rings is 1. The zero-order chi connectivity index (χ0) is 23.5. The van der Waals surface area contributed by atoms with E-state index in [1.807, 2.05) is 36.4 Å². The normalized spacial score (nSPS) is 13.2. The monoisotopic (exact) mass is 487 g/mol. The second kappa shape index (κ2) is 10.7. The Morgan fingerprint density at radius 3 is 2.31 bits per heavy atom. The molecule has 2 amide bonds. The van der Waals surface area contributed by atoms with Crippen LogP contribution in [0.15, 0.2) is 78.9 Å². The van der Waals surface area contributed by atoms with E-state index >= 15 is 0 Å². The number of aromatic nitrogens is 1. The molecule has 1 aliphatic heterocycles. The summed E-state index contributed by atoms with van der Waals surface area (Å²) < 4.78 is 5.31. The molecule has 7 heteroatoms. The van der Waals surface area contributed by atoms with Crippen LogP contribution in [0.5, 0.6) is 0 Å². The van der Waals surface area contributed by atoms with Crippen molar-refractivity contribution in [3.63, 3.8) is 0 Å². The molecule has 0 radical (unpaired) electrons. The lowest BCUT2D eigenvalue weighted by atomic mass is 10.0. The third-order valence-electron chi connectivity index (χ3n) is 5.79. The van der Waals surface area contributed by atoms with Crippen LogP contribution in [-0.4, -0.2) is 48.0 Å². The largest absolute Gasteiger partial charge is 0.378 e. The van der Waals surface area contributed by atoms with E-state index in [0.29, 0.717) is 53.8 Å². The second-order valence-electron chi connectivity index (χ2n) is 8.02. The van der Waals surface area contributed by atoms with Gasteiger partial charge in [0.1, 0.15) is 0 Å². The number of amides is 2. The summed E-state index contributed by atoms with van der Waals surface area (Å²) in [7, 11) is 0. The molecule has 0 aliphatic carbocycles. The fraction of sp³-hybridized carbons (Fsp3) is 0.179. The zero-order valence-corrected chi connectivity index (χ0v) is 19.1. The van der Waals surface area contributed by atoms with E-state index in [1.165, 1.54) is 0 Å². The van der Waals surface area contributed by atoms with Gasteiger partial charge in [-0.3, -0.25) is 9.59 Å². The average Bonchev–Trinajstić information content (AvgIpc) is 2.89. The highest BCUT2D eigenvalue weighted by molar-refractivity contribution is 6.30. The van der Waals surface area contributed by atoms with Crippen molar-refractivity contribution in [2.75, 3.05) is 31.6 Å². The fourth-order valence-electron chi connectivity index (χ4n) is 3.98. The summed E-state index contributed by atoms with van der Waals surface area (Å²) in [6.07, 6.45) is 0. The molecule has 5 rings (SSSR count). The first-order valence-corrected chi connectivity index (χ1v) is 11.4. The summed E-state index contributed by atoms with van der Waals surface area (Å²) in [5.41, 5.74) is 3.99. The van der Waals surface area contributed by atoms with Gasteiger partial charge >= 0.3 is 0 Å². The van der Waals surface area contributed by atoms with E-state index in [-0.39, 0.29) is 19.2 Å². The Bertz CT molecular complexity index is 1350. The molecule has 1 N–H and O–H groups in total. The molecule has 0 unspecified atom stereocenters. The van der Waals surface area contributed by atoms with Gasteiger partial charge < -0.3 is 15.0 Å². The summed E-state index contributed by atoms with van der Waals surface area (Å²) in [6.45, 7) is 2.28. The Kier molecular flexibility index (Phi) is 7.44. The summed E-state index contributed by atoms with van der Waals surface area (Å²) in [4.78, 5) is 32.4. The number of rotatable bonds is 4. The van der Waals surface area contributed by atoms with Crippen molar-refractivity contribution >= 4 is 40.0 Å². The highest BCUT2D eigenvalue weighted by Crippen LogP contribution is 2.27. The van der Waals surface area contributed by atoms with Crippen molar-refractivity contribution in [1.82, 2.24) is 9.88 Å². The fourth-order valence-corrected chi connectivity index (χ4v) is 4.10. The Balaban J connectivity index is 0.00000289. The number of benzene rings is 3. The lowest BCUT2D eigenvalue weighted by Gasteiger charge is -2.26. The topological polar surface area (TPSA) is 71.5 Å². The lowest BCUT2D eigenvalue weighted by molar-refractivity contribution is 0.0303. The highest BCUT2D eigenvalue weighted by atomic mass is 35.5. The number of hydrogen-bond acceptors (Lipinski definition) is 4. The number of carbonyl (C=O) groups excluding carboxylic acids is 2. The molecular formula is C28H26ClN3O3. The molecule has 35 heavy (non-hydrogen) atoms. The average molecular weight is 488 g/mol. The smallest absolute Gasteiger partial charge is 0.256 e. The summed E-state index contributed by atoms with van der Waals surface area (Å²) in [5.74, 6) is -0.282. The molecule has 178 valence electrons. The van der Waals surface area contributed by atoms with E-state index < -0.39 is 0 Å². The van der Waals surface area contributed by atoms with Crippen LogP contribution >= 0.6 is 11.6 Å². The molecule has 0 spiro atoms. The van der Waals surface area contributed by atoms with Gasteiger partial charge in [0.25, 0.3) is 11.8 Å². The number of para-hydroxylation sites is 1. The maximum Gasteiger partial charge on any atom is 0.256 e. The molecule has 2 heterocycles. The van der Waals surface area contributed by atoms with Crippen molar-refractivity contribution in [3.05, 3.63) is 95.0 Å². The minimum atomic E-state index is -0.249. The van der Waals surface area contributed by atoms with E-state index in [9.17, 15) is 9.59 Å². The molecule has 1 saturated heterocycles. The molecule has 1 fully saturated rings. The number of carbonyl (C=O) groups is 2. The standard InChI is InChI=1S/C27H22ClN3O3.CH4/c28-20-9-5-18(6-10-20)25-17-23(22-3-1-2-4-24(22)30-25)26(32)29-21-11-7-19(8-12-21)27(33)31-13-15-34-16-14-31;/h1-12,17H,13-16H2,(H,29,32);1H4. The van der Waals surface area contributed by atoms with Crippen LogP contribution in [0, 0.1) is 0 Å². The molecule has 0 saturated carbocycles. The second-order valence-corrected chi connectivity index (χ2v) is 8.45. The lowest BCUT2D eigenvalue weighted by Crippen LogP contribution is -2.40. The quantitative estimate of drug-likeness (QED) is 0.388. The first-order chi connectivity index (χ1) is 16.6. The Morgan fingerprint density at radius 1 is 0.914 bits per heavy atom. The van der Waals surface area contributed by atoms with E-state index in [4.69, 9.17) is 21.3 Å². The van der Waals surface area contributed by atoms with Crippen LogP contribution in [0.1, 0.15) is 28.1 Å². The maximum atomic E-state index is 13.3. The van der Waals surface area contributed by atoms with Crippen LogP contribution in [0.2, 0.25) is 5.02 Å². The van der Waals surface area contributed by atoms with Crippen molar-refractivity contribution < 1.29 is 14.3 Å². The van der Waals surface area contributed by atoms with Crippen LogP contribution in [0.25, 0.3) is 22.2 Å². The molecule has 6 nitrogen and oxygen atoms in total. The number of halogens is 1. The van der Waals surface area contributed by atoms with Gasteiger partial charge in [-0.1, -0.05) is 49.4 Å². The first-order valence-electron chi connectivity index (χ1n) is 11.0. The van der Waals surface area contributed by atoms with E-state index in [0.717, 1.165) is 16.5 Å². The molecule has 3 aromatic carbocycles. The van der Waals surface area contributed by atoms with E-state index in [2.05, 4.69) is 5.32 Å². The molecule has 0 atom stereocenters. The van der Waals surface area contributed by atoms with Gasteiger partial charge in [0, 0.05) is 40.3 Å². The molecular weight excluding hydrogens is 462 g/mol. The van der Waals surface area contributed by atoms with Gasteiger partial charge in [-0.2, -0.15) is 0 Å². The zero-order valence-electron chi connectivity index (χ0n) is 18.3. The minimum absolute atomic E-state index is 0. The van der Waals surface area contributed by atoms with Crippen LogP contribution in [0.3, 0.4) is 0 Å². The van der Waals surface area contributed by atoms with Gasteiger partial charge in [0.15, 0.2) is 0 Å². The van der Waals surface area contributed by atoms with Crippen molar-refractivity contribution in [2.45, 2.75) is 7.43 Å². The Labute approximate surface area is 209 Å². The summed E-state index contributed by atoms with van der Waals surface area (Å²) in [5, 5.41) is 4.35. The van der Waals surface area contributed by atoms with E-state index in [1.54, 1.807) is 47.4 Å². The third kappa shape index (κ3) is 5.34. The number of hydrogen-bond donors (Lipinski definition) is 1. The molecule has 4 aromatic rings. The van der Waals surface area contributed by atoms with Crippen LogP contribution < -0.4 is 5.32 Å². The third-order valence-corrected chi connectivity index (χ3v) is 6.04. The SMILES string of the molecule is C.O=C(Nc1ccc(C(=O)N2CCOCC2)cc1)c1cc(-c2ccc(Cl)cc2)nc2ccccc12. The van der Waals surface area contributed by atoms with Gasteiger partial charge in [-0.25, -0.2) is 4.98 Å². The predicted molar refractivity (Wildman–Crippen MR) is 140 cm³/mol. The number of nitrogens with one attached hydrogen (secondary N) is 1. The highest BCUT2D eigenvalue weighted by Gasteiger charge is 2.19. The molecule has 1 aromatic heterocycles. The summed E-state index contributed by atoms with van der Waals surface area (Å²) in [6, 6.07) is 23.7. The Hall–Kier alpha value is -3.74. The molecule has 1 aliphatic rings. The molecule has 0 bridgehead atoms. The van der Waals surface area contributed by atoms with Crippen molar-refractivity contribution in [3.8, 4) is 11.3 Å².